The van der Waals surface area contributed by atoms with Crippen molar-refractivity contribution >= 4 is 0 Å². The summed E-state index contributed by atoms with van der Waals surface area (Å²) in [7, 11) is 0. The Labute approximate surface area is 101 Å². The Morgan fingerprint density at radius 2 is 2.00 bits per heavy atom. The van der Waals surface area contributed by atoms with Gasteiger partial charge in [-0.2, -0.15) is 0 Å². The van der Waals surface area contributed by atoms with E-state index < -0.39 is 0 Å². The number of nitrogens with one attached hydrogen (secondary N) is 2. The zero-order valence-electron chi connectivity index (χ0n) is 10.0. The molecule has 4 nitrogen and oxygen atoms in total. The third-order valence-electron chi connectivity index (χ3n) is 4.03. The fraction of sp³-hybridized carbons (Fsp3) is 0.692. The molecular weight excluding hydrogens is 214 g/mol. The van der Waals surface area contributed by atoms with Crippen molar-refractivity contribution in [1.82, 2.24) is 15.3 Å². The molecule has 0 amide bonds. The summed E-state index contributed by atoms with van der Waals surface area (Å²) in [6.45, 7) is 1.03. The molecule has 2 heterocycles. The van der Waals surface area contributed by atoms with Crippen LogP contribution in [0.2, 0.25) is 0 Å². The zero-order valence-corrected chi connectivity index (χ0v) is 10.0. The van der Waals surface area contributed by atoms with Crippen LogP contribution in [-0.2, 0) is 0 Å². The number of H-pyrrole nitrogens is 1. The lowest BCUT2D eigenvalue weighted by Crippen LogP contribution is -2.23. The van der Waals surface area contributed by atoms with E-state index in [2.05, 4.69) is 15.3 Å². The Morgan fingerprint density at radius 3 is 2.65 bits per heavy atom. The van der Waals surface area contributed by atoms with Gasteiger partial charge in [0.15, 0.2) is 0 Å². The molecule has 0 aromatic carbocycles. The lowest BCUT2D eigenvalue weighted by Gasteiger charge is -2.12. The molecule has 1 aromatic heterocycles. The molecule has 2 fully saturated rings. The third-order valence-corrected chi connectivity index (χ3v) is 4.03. The van der Waals surface area contributed by atoms with E-state index >= 15 is 0 Å². The molecule has 0 spiro atoms. The predicted molar refractivity (Wildman–Crippen MR) is 66.0 cm³/mol. The van der Waals surface area contributed by atoms with Crippen molar-refractivity contribution in [2.24, 2.45) is 0 Å². The second-order valence-electron chi connectivity index (χ2n) is 5.18. The monoisotopic (exact) mass is 233 g/mol. The van der Waals surface area contributed by atoms with Crippen LogP contribution in [-0.4, -0.2) is 16.5 Å². The minimum absolute atomic E-state index is 0.0793. The van der Waals surface area contributed by atoms with Crippen LogP contribution < -0.4 is 10.9 Å². The van der Waals surface area contributed by atoms with Crippen LogP contribution in [0.25, 0.3) is 0 Å². The highest BCUT2D eigenvalue weighted by Gasteiger charge is 2.23. The Kier molecular flexibility index (Phi) is 2.97. The van der Waals surface area contributed by atoms with Gasteiger partial charge in [0.2, 0.25) is 0 Å². The average Bonchev–Trinajstić information content (AvgIpc) is 3.02. The molecule has 1 aromatic rings. The summed E-state index contributed by atoms with van der Waals surface area (Å²) in [6, 6.07) is 0.250. The maximum absolute atomic E-state index is 12.1. The van der Waals surface area contributed by atoms with Crippen molar-refractivity contribution in [3.8, 4) is 0 Å². The van der Waals surface area contributed by atoms with Crippen LogP contribution in [0, 0.1) is 0 Å². The fourth-order valence-corrected chi connectivity index (χ4v) is 3.04. The van der Waals surface area contributed by atoms with Gasteiger partial charge in [0.25, 0.3) is 5.56 Å². The molecule has 2 aliphatic rings. The first-order valence-electron chi connectivity index (χ1n) is 6.67. The highest BCUT2D eigenvalue weighted by atomic mass is 16.1. The molecule has 3 rings (SSSR count). The van der Waals surface area contributed by atoms with Gasteiger partial charge in [-0.05, 0) is 38.1 Å². The van der Waals surface area contributed by atoms with E-state index in [-0.39, 0.29) is 11.6 Å². The fourth-order valence-electron chi connectivity index (χ4n) is 3.04. The van der Waals surface area contributed by atoms with E-state index in [4.69, 9.17) is 0 Å². The molecule has 4 heteroatoms. The van der Waals surface area contributed by atoms with Crippen molar-refractivity contribution in [3.63, 3.8) is 0 Å². The topological polar surface area (TPSA) is 57.8 Å². The van der Waals surface area contributed by atoms with Crippen LogP contribution in [0.3, 0.4) is 0 Å². The summed E-state index contributed by atoms with van der Waals surface area (Å²) in [5.74, 6) is 1.26. The van der Waals surface area contributed by atoms with Gasteiger partial charge < -0.3 is 10.3 Å². The molecule has 0 bridgehead atoms. The summed E-state index contributed by atoms with van der Waals surface area (Å²) in [5.41, 5.74) is 0.972. The largest absolute Gasteiger partial charge is 0.309 e. The van der Waals surface area contributed by atoms with Crippen LogP contribution in [0.15, 0.2) is 11.0 Å². The van der Waals surface area contributed by atoms with Gasteiger partial charge in [-0.3, -0.25) is 4.79 Å². The quantitative estimate of drug-likeness (QED) is 0.819. The molecule has 2 N–H and O–H groups in total. The lowest BCUT2D eigenvalue weighted by atomic mass is 10.0. The second-order valence-corrected chi connectivity index (χ2v) is 5.18. The van der Waals surface area contributed by atoms with E-state index in [0.29, 0.717) is 5.92 Å². The van der Waals surface area contributed by atoms with Crippen molar-refractivity contribution in [2.75, 3.05) is 6.54 Å². The first-order valence-corrected chi connectivity index (χ1v) is 6.67. The van der Waals surface area contributed by atoms with E-state index in [9.17, 15) is 4.79 Å². The SMILES string of the molecule is O=c1[nH]c(C2CCCN2)ncc1C1CCCC1. The van der Waals surface area contributed by atoms with Crippen molar-refractivity contribution in [1.29, 1.82) is 0 Å². The Hall–Kier alpha value is -1.16. The summed E-state index contributed by atoms with van der Waals surface area (Å²) >= 11 is 0. The highest BCUT2D eigenvalue weighted by Crippen LogP contribution is 2.32. The van der Waals surface area contributed by atoms with E-state index in [1.807, 2.05) is 6.20 Å². The van der Waals surface area contributed by atoms with Gasteiger partial charge in [-0.1, -0.05) is 12.8 Å². The number of hydrogen-bond acceptors (Lipinski definition) is 3. The summed E-state index contributed by atoms with van der Waals surface area (Å²) in [6.07, 6.45) is 8.83. The number of hydrogen-bond donors (Lipinski definition) is 2. The standard InChI is InChI=1S/C13H19N3O/c17-13-10(9-4-1-2-5-9)8-15-12(16-13)11-6-3-7-14-11/h8-9,11,14H,1-7H2,(H,15,16,17). The predicted octanol–water partition coefficient (Wildman–Crippen LogP) is 1.85. The molecule has 1 saturated heterocycles. The lowest BCUT2D eigenvalue weighted by molar-refractivity contribution is 0.594. The van der Waals surface area contributed by atoms with Gasteiger partial charge in [0.05, 0.1) is 6.04 Å². The summed E-state index contributed by atoms with van der Waals surface area (Å²) < 4.78 is 0. The van der Waals surface area contributed by atoms with Gasteiger partial charge >= 0.3 is 0 Å². The van der Waals surface area contributed by atoms with Crippen LogP contribution in [0.4, 0.5) is 0 Å². The summed E-state index contributed by atoms with van der Waals surface area (Å²) in [5, 5.41) is 3.36. The minimum atomic E-state index is 0.0793. The van der Waals surface area contributed by atoms with Crippen molar-refractivity contribution < 1.29 is 0 Å². The maximum Gasteiger partial charge on any atom is 0.254 e. The van der Waals surface area contributed by atoms with Gasteiger partial charge in [0.1, 0.15) is 5.82 Å². The average molecular weight is 233 g/mol. The molecule has 1 atom stereocenters. The van der Waals surface area contributed by atoms with Crippen LogP contribution >= 0.6 is 0 Å². The first kappa shape index (κ1) is 11.0. The molecule has 1 aliphatic carbocycles. The molecule has 17 heavy (non-hydrogen) atoms. The summed E-state index contributed by atoms with van der Waals surface area (Å²) in [4.78, 5) is 19.5. The van der Waals surface area contributed by atoms with Crippen molar-refractivity contribution in [2.45, 2.75) is 50.5 Å². The Balaban J connectivity index is 1.85. The minimum Gasteiger partial charge on any atom is -0.309 e. The number of aromatic amines is 1. The van der Waals surface area contributed by atoms with Crippen LogP contribution in [0.5, 0.6) is 0 Å². The van der Waals surface area contributed by atoms with Gasteiger partial charge in [0, 0.05) is 11.8 Å². The zero-order chi connectivity index (χ0) is 11.7. The normalized spacial score (nSPS) is 25.5. The molecule has 0 radical (unpaired) electrons. The molecular formula is C13H19N3O. The van der Waals surface area contributed by atoms with Gasteiger partial charge in [-0.15, -0.1) is 0 Å². The van der Waals surface area contributed by atoms with E-state index in [1.54, 1.807) is 0 Å². The number of rotatable bonds is 2. The third kappa shape index (κ3) is 2.14. The molecule has 1 unspecified atom stereocenters. The van der Waals surface area contributed by atoms with Gasteiger partial charge in [-0.25, -0.2) is 4.98 Å². The smallest absolute Gasteiger partial charge is 0.254 e. The molecule has 92 valence electrons. The number of nitrogens with zero attached hydrogens (tertiary/aromatic N) is 1. The molecule has 1 saturated carbocycles. The first-order chi connectivity index (χ1) is 8.34. The number of aromatic nitrogens is 2. The van der Waals surface area contributed by atoms with E-state index in [1.165, 1.54) is 19.3 Å². The maximum atomic E-state index is 12.1. The second kappa shape index (κ2) is 4.61. The van der Waals surface area contributed by atoms with Crippen LogP contribution in [0.1, 0.15) is 61.9 Å². The Morgan fingerprint density at radius 1 is 1.18 bits per heavy atom. The van der Waals surface area contributed by atoms with Crippen molar-refractivity contribution in [3.05, 3.63) is 27.9 Å². The van der Waals surface area contributed by atoms with E-state index in [0.717, 1.165) is 37.2 Å². The highest BCUT2D eigenvalue weighted by molar-refractivity contribution is 5.14. The Bertz CT molecular complexity index is 442. The molecule has 1 aliphatic heterocycles.